The first-order valence-corrected chi connectivity index (χ1v) is 8.06. The van der Waals surface area contributed by atoms with Gasteiger partial charge in [0.05, 0.1) is 5.56 Å². The van der Waals surface area contributed by atoms with Gasteiger partial charge in [-0.25, -0.2) is 4.39 Å². The molecule has 2 heterocycles. The minimum absolute atomic E-state index is 0.0829. The zero-order chi connectivity index (χ0) is 15.5. The van der Waals surface area contributed by atoms with Crippen LogP contribution >= 0.6 is 0 Å². The molecule has 2 atom stereocenters. The number of aliphatic hydroxyl groups is 1. The third kappa shape index (κ3) is 3.15. The van der Waals surface area contributed by atoms with Crippen molar-refractivity contribution >= 4 is 5.91 Å². The molecule has 2 saturated heterocycles. The highest BCUT2D eigenvalue weighted by atomic mass is 19.1. The summed E-state index contributed by atoms with van der Waals surface area (Å²) >= 11 is 0. The van der Waals surface area contributed by atoms with Gasteiger partial charge in [-0.15, -0.1) is 0 Å². The van der Waals surface area contributed by atoms with Crippen molar-refractivity contribution in [2.24, 2.45) is 11.8 Å². The fourth-order valence-corrected chi connectivity index (χ4v) is 3.62. The van der Waals surface area contributed by atoms with Crippen LogP contribution < -0.4 is 0 Å². The van der Waals surface area contributed by atoms with Gasteiger partial charge in [0.25, 0.3) is 5.91 Å². The molecule has 0 aromatic heterocycles. The van der Waals surface area contributed by atoms with Crippen LogP contribution in [0.25, 0.3) is 0 Å². The van der Waals surface area contributed by atoms with Gasteiger partial charge in [0.15, 0.2) is 0 Å². The Balaban J connectivity index is 1.68. The standard InChI is InChI=1S/C17H23FN2O2/c18-16-6-2-1-5-15(16)17(22)20-10-13(14(11-20)12-21)9-19-7-3-4-8-19/h1-2,5-6,13-14,21H,3-4,7-12H2/t13-,14-/m0/s1. The quantitative estimate of drug-likeness (QED) is 0.919. The maximum Gasteiger partial charge on any atom is 0.256 e. The smallest absolute Gasteiger partial charge is 0.256 e. The summed E-state index contributed by atoms with van der Waals surface area (Å²) in [6, 6.07) is 6.11. The topological polar surface area (TPSA) is 43.8 Å². The molecule has 1 aromatic carbocycles. The number of hydrogen-bond donors (Lipinski definition) is 1. The van der Waals surface area contributed by atoms with Gasteiger partial charge in [-0.2, -0.15) is 0 Å². The first kappa shape index (κ1) is 15.4. The average molecular weight is 306 g/mol. The van der Waals surface area contributed by atoms with E-state index < -0.39 is 5.82 Å². The van der Waals surface area contributed by atoms with Gasteiger partial charge in [0.1, 0.15) is 5.82 Å². The number of carbonyl (C=O) groups excluding carboxylic acids is 1. The molecule has 0 spiro atoms. The number of nitrogens with zero attached hydrogens (tertiary/aromatic N) is 2. The predicted octanol–water partition coefficient (Wildman–Crippen LogP) is 1.60. The van der Waals surface area contributed by atoms with Crippen molar-refractivity contribution in [2.75, 3.05) is 39.3 Å². The number of benzene rings is 1. The summed E-state index contributed by atoms with van der Waals surface area (Å²) in [5.74, 6) is -0.369. The van der Waals surface area contributed by atoms with E-state index in [1.165, 1.54) is 25.0 Å². The molecule has 120 valence electrons. The van der Waals surface area contributed by atoms with Crippen LogP contribution in [0.5, 0.6) is 0 Å². The van der Waals surface area contributed by atoms with Crippen molar-refractivity contribution in [2.45, 2.75) is 12.8 Å². The molecule has 22 heavy (non-hydrogen) atoms. The summed E-state index contributed by atoms with van der Waals surface area (Å²) in [6.07, 6.45) is 2.46. The summed E-state index contributed by atoms with van der Waals surface area (Å²) in [5, 5.41) is 9.60. The SMILES string of the molecule is O=C(c1ccccc1F)N1C[C@@H](CO)[C@@H](CN2CCCC2)C1. The maximum absolute atomic E-state index is 13.8. The number of rotatable bonds is 4. The van der Waals surface area contributed by atoms with E-state index >= 15 is 0 Å². The lowest BCUT2D eigenvalue weighted by Gasteiger charge is -2.22. The second kappa shape index (κ2) is 6.75. The molecule has 0 bridgehead atoms. The molecular formula is C17H23FN2O2. The largest absolute Gasteiger partial charge is 0.396 e. The zero-order valence-corrected chi connectivity index (χ0v) is 12.7. The predicted molar refractivity (Wildman–Crippen MR) is 82.0 cm³/mol. The Morgan fingerprint density at radius 3 is 2.55 bits per heavy atom. The number of amides is 1. The summed E-state index contributed by atoms with van der Waals surface area (Å²) in [4.78, 5) is 16.6. The van der Waals surface area contributed by atoms with Crippen molar-refractivity contribution in [3.8, 4) is 0 Å². The molecule has 1 N–H and O–H groups in total. The maximum atomic E-state index is 13.8. The van der Waals surface area contributed by atoms with E-state index in [0.717, 1.165) is 19.6 Å². The molecule has 1 amide bonds. The Bertz CT molecular complexity index is 531. The Kier molecular flexibility index (Phi) is 4.74. The molecule has 0 saturated carbocycles. The van der Waals surface area contributed by atoms with Crippen LogP contribution in [0.15, 0.2) is 24.3 Å². The zero-order valence-electron chi connectivity index (χ0n) is 12.7. The number of hydrogen-bond acceptors (Lipinski definition) is 3. The molecular weight excluding hydrogens is 283 g/mol. The van der Waals surface area contributed by atoms with Gasteiger partial charge in [0, 0.05) is 32.2 Å². The Morgan fingerprint density at radius 1 is 1.18 bits per heavy atom. The molecule has 5 heteroatoms. The normalized spacial score (nSPS) is 25.8. The average Bonchev–Trinajstić information content (AvgIpc) is 3.17. The molecule has 4 nitrogen and oxygen atoms in total. The van der Waals surface area contributed by atoms with E-state index in [2.05, 4.69) is 4.90 Å². The second-order valence-corrected chi connectivity index (χ2v) is 6.40. The molecule has 0 aliphatic carbocycles. The Hall–Kier alpha value is -1.46. The van der Waals surface area contributed by atoms with Gasteiger partial charge < -0.3 is 14.9 Å². The van der Waals surface area contributed by atoms with Crippen molar-refractivity contribution in [1.29, 1.82) is 0 Å². The van der Waals surface area contributed by atoms with E-state index in [1.54, 1.807) is 17.0 Å². The van der Waals surface area contributed by atoms with Crippen molar-refractivity contribution < 1.29 is 14.3 Å². The van der Waals surface area contributed by atoms with Gasteiger partial charge in [-0.05, 0) is 44.0 Å². The van der Waals surface area contributed by atoms with Gasteiger partial charge >= 0.3 is 0 Å². The van der Waals surface area contributed by atoms with Crippen molar-refractivity contribution in [3.63, 3.8) is 0 Å². The second-order valence-electron chi connectivity index (χ2n) is 6.40. The van der Waals surface area contributed by atoms with E-state index in [-0.39, 0.29) is 29.9 Å². The van der Waals surface area contributed by atoms with E-state index in [4.69, 9.17) is 0 Å². The number of halogens is 1. The third-order valence-electron chi connectivity index (χ3n) is 4.89. The van der Waals surface area contributed by atoms with Gasteiger partial charge in [0.2, 0.25) is 0 Å². The van der Waals surface area contributed by atoms with Crippen LogP contribution in [0, 0.1) is 17.7 Å². The third-order valence-corrected chi connectivity index (χ3v) is 4.89. The van der Waals surface area contributed by atoms with Gasteiger partial charge in [-0.1, -0.05) is 12.1 Å². The monoisotopic (exact) mass is 306 g/mol. The number of likely N-dealkylation sites (tertiary alicyclic amines) is 2. The Morgan fingerprint density at radius 2 is 1.86 bits per heavy atom. The number of carbonyl (C=O) groups is 1. The molecule has 2 aliphatic heterocycles. The van der Waals surface area contributed by atoms with E-state index in [9.17, 15) is 14.3 Å². The molecule has 0 unspecified atom stereocenters. The molecule has 2 fully saturated rings. The van der Waals surface area contributed by atoms with Crippen LogP contribution in [0.2, 0.25) is 0 Å². The van der Waals surface area contributed by atoms with Gasteiger partial charge in [-0.3, -0.25) is 4.79 Å². The highest BCUT2D eigenvalue weighted by Gasteiger charge is 2.36. The highest BCUT2D eigenvalue weighted by Crippen LogP contribution is 2.27. The molecule has 0 radical (unpaired) electrons. The summed E-state index contributed by atoms with van der Waals surface area (Å²) in [7, 11) is 0. The fourth-order valence-electron chi connectivity index (χ4n) is 3.62. The number of aliphatic hydroxyl groups excluding tert-OH is 1. The molecule has 3 rings (SSSR count). The lowest BCUT2D eigenvalue weighted by molar-refractivity contribution is 0.0774. The van der Waals surface area contributed by atoms with Crippen LogP contribution in [0.4, 0.5) is 4.39 Å². The highest BCUT2D eigenvalue weighted by molar-refractivity contribution is 5.94. The van der Waals surface area contributed by atoms with Crippen LogP contribution in [0.3, 0.4) is 0 Å². The lowest BCUT2D eigenvalue weighted by Crippen LogP contribution is -2.33. The molecule has 2 aliphatic rings. The van der Waals surface area contributed by atoms with E-state index in [0.29, 0.717) is 13.1 Å². The van der Waals surface area contributed by atoms with Crippen LogP contribution in [-0.4, -0.2) is 60.1 Å². The van der Waals surface area contributed by atoms with Crippen LogP contribution in [0.1, 0.15) is 23.2 Å². The first-order valence-electron chi connectivity index (χ1n) is 8.06. The summed E-state index contributed by atoms with van der Waals surface area (Å²) in [5.41, 5.74) is 0.126. The van der Waals surface area contributed by atoms with Crippen LogP contribution in [-0.2, 0) is 0 Å². The summed E-state index contributed by atoms with van der Waals surface area (Å²) in [6.45, 7) is 4.34. The Labute approximate surface area is 130 Å². The first-order chi connectivity index (χ1) is 10.7. The summed E-state index contributed by atoms with van der Waals surface area (Å²) < 4.78 is 13.8. The fraction of sp³-hybridized carbons (Fsp3) is 0.588. The van der Waals surface area contributed by atoms with E-state index in [1.807, 2.05) is 0 Å². The minimum atomic E-state index is -0.476. The molecule has 1 aromatic rings. The minimum Gasteiger partial charge on any atom is -0.396 e. The van der Waals surface area contributed by atoms with Crippen molar-refractivity contribution in [1.82, 2.24) is 9.80 Å². The lowest BCUT2D eigenvalue weighted by atomic mass is 9.96. The van der Waals surface area contributed by atoms with Crippen molar-refractivity contribution in [3.05, 3.63) is 35.6 Å².